The highest BCUT2D eigenvalue weighted by molar-refractivity contribution is 7.89. The number of nitrogen functional groups attached to an aromatic ring is 1. The van der Waals surface area contributed by atoms with Crippen molar-refractivity contribution < 1.29 is 18.3 Å². The number of aliphatic hydroxyl groups is 1. The zero-order valence-electron chi connectivity index (χ0n) is 12.4. The average Bonchev–Trinajstić information content (AvgIpc) is 2.40. The molecular formula is C14H22N2O4S. The number of sulfonamides is 1. The van der Waals surface area contributed by atoms with Crippen molar-refractivity contribution in [2.75, 3.05) is 25.4 Å². The van der Waals surface area contributed by atoms with Crippen LogP contribution in [0, 0.1) is 0 Å². The predicted molar refractivity (Wildman–Crippen MR) is 80.6 cm³/mol. The van der Waals surface area contributed by atoms with E-state index in [1.165, 1.54) is 10.4 Å². The van der Waals surface area contributed by atoms with E-state index in [1.807, 2.05) is 0 Å². The van der Waals surface area contributed by atoms with Crippen LogP contribution < -0.4 is 10.5 Å². The first-order chi connectivity index (χ1) is 9.76. The van der Waals surface area contributed by atoms with E-state index in [2.05, 4.69) is 0 Å². The highest BCUT2D eigenvalue weighted by atomic mass is 32.2. The Balaban J connectivity index is 2.41. The zero-order chi connectivity index (χ0) is 15.7. The highest BCUT2D eigenvalue weighted by Gasteiger charge is 2.36. The van der Waals surface area contributed by atoms with Gasteiger partial charge in [-0.15, -0.1) is 0 Å². The molecule has 7 heteroatoms. The Bertz CT molecular complexity index is 613. The van der Waals surface area contributed by atoms with E-state index in [9.17, 15) is 13.5 Å². The summed E-state index contributed by atoms with van der Waals surface area (Å²) < 4.78 is 32.3. The van der Waals surface area contributed by atoms with Gasteiger partial charge >= 0.3 is 0 Å². The lowest BCUT2D eigenvalue weighted by Crippen LogP contribution is -2.48. The molecule has 1 aromatic rings. The Labute approximate surface area is 125 Å². The van der Waals surface area contributed by atoms with Gasteiger partial charge in [-0.3, -0.25) is 0 Å². The first kappa shape index (κ1) is 16.1. The van der Waals surface area contributed by atoms with Gasteiger partial charge in [0.1, 0.15) is 10.6 Å². The normalized spacial score (nSPS) is 24.0. The van der Waals surface area contributed by atoms with Crippen LogP contribution in [0.1, 0.15) is 26.7 Å². The molecular weight excluding hydrogens is 292 g/mol. The molecule has 0 aromatic heterocycles. The largest absolute Gasteiger partial charge is 0.492 e. The van der Waals surface area contributed by atoms with E-state index in [0.29, 0.717) is 31.7 Å². The molecule has 2 rings (SSSR count). The minimum atomic E-state index is -3.74. The number of rotatable bonds is 4. The molecule has 1 heterocycles. The molecule has 0 radical (unpaired) electrons. The Morgan fingerprint density at radius 1 is 1.48 bits per heavy atom. The van der Waals surface area contributed by atoms with Crippen LogP contribution in [0.5, 0.6) is 5.75 Å². The van der Waals surface area contributed by atoms with E-state index >= 15 is 0 Å². The molecule has 0 saturated carbocycles. The SMILES string of the molecule is CCOc1ccc(N)cc1S(=O)(=O)N1CCCC(C)(O)C1. The van der Waals surface area contributed by atoms with Crippen LogP contribution in [-0.2, 0) is 10.0 Å². The average molecular weight is 314 g/mol. The number of ether oxygens (including phenoxy) is 1. The van der Waals surface area contributed by atoms with Crippen molar-refractivity contribution in [1.29, 1.82) is 0 Å². The van der Waals surface area contributed by atoms with Gasteiger partial charge in [0, 0.05) is 18.8 Å². The second-order valence-electron chi connectivity index (χ2n) is 5.58. The fourth-order valence-electron chi connectivity index (χ4n) is 2.52. The van der Waals surface area contributed by atoms with Crippen LogP contribution >= 0.6 is 0 Å². The Morgan fingerprint density at radius 3 is 2.81 bits per heavy atom. The maximum absolute atomic E-state index is 12.8. The predicted octanol–water partition coefficient (Wildman–Crippen LogP) is 1.20. The van der Waals surface area contributed by atoms with Crippen molar-refractivity contribution in [2.24, 2.45) is 0 Å². The van der Waals surface area contributed by atoms with E-state index in [4.69, 9.17) is 10.5 Å². The van der Waals surface area contributed by atoms with Crippen LogP contribution in [0.4, 0.5) is 5.69 Å². The number of nitrogens with two attached hydrogens (primary N) is 1. The van der Waals surface area contributed by atoms with Crippen LogP contribution in [-0.4, -0.2) is 43.1 Å². The number of hydrogen-bond donors (Lipinski definition) is 2. The molecule has 0 amide bonds. The molecule has 1 aliphatic rings. The van der Waals surface area contributed by atoms with Gasteiger partial charge in [0.25, 0.3) is 0 Å². The molecule has 0 aliphatic carbocycles. The standard InChI is InChI=1S/C14H22N2O4S/c1-3-20-12-6-5-11(15)9-13(12)21(18,19)16-8-4-7-14(2,17)10-16/h5-6,9,17H,3-4,7-8,10,15H2,1-2H3. The van der Waals surface area contributed by atoms with Crippen molar-refractivity contribution in [3.8, 4) is 5.75 Å². The molecule has 3 N–H and O–H groups in total. The van der Waals surface area contributed by atoms with Crippen molar-refractivity contribution in [3.63, 3.8) is 0 Å². The summed E-state index contributed by atoms with van der Waals surface area (Å²) in [6.07, 6.45) is 1.22. The van der Waals surface area contributed by atoms with Gasteiger partial charge in [0.2, 0.25) is 10.0 Å². The van der Waals surface area contributed by atoms with Gasteiger partial charge in [-0.25, -0.2) is 8.42 Å². The van der Waals surface area contributed by atoms with Gasteiger partial charge in [-0.1, -0.05) is 0 Å². The summed E-state index contributed by atoms with van der Waals surface area (Å²) in [5.41, 5.74) is 5.07. The lowest BCUT2D eigenvalue weighted by atomic mass is 9.97. The Morgan fingerprint density at radius 2 is 2.19 bits per heavy atom. The van der Waals surface area contributed by atoms with Gasteiger partial charge in [-0.2, -0.15) is 4.31 Å². The number of piperidine rings is 1. The van der Waals surface area contributed by atoms with Crippen LogP contribution in [0.15, 0.2) is 23.1 Å². The minimum Gasteiger partial charge on any atom is -0.492 e. The highest BCUT2D eigenvalue weighted by Crippen LogP contribution is 2.32. The van der Waals surface area contributed by atoms with Gasteiger partial charge in [0.15, 0.2) is 0 Å². The Hall–Kier alpha value is -1.31. The summed E-state index contributed by atoms with van der Waals surface area (Å²) in [5, 5.41) is 10.1. The molecule has 118 valence electrons. The maximum Gasteiger partial charge on any atom is 0.246 e. The molecule has 6 nitrogen and oxygen atoms in total. The van der Waals surface area contributed by atoms with Crippen molar-refractivity contribution >= 4 is 15.7 Å². The first-order valence-corrected chi connectivity index (χ1v) is 8.45. The molecule has 0 spiro atoms. The van der Waals surface area contributed by atoms with Gasteiger partial charge in [-0.05, 0) is 44.9 Å². The third-order valence-electron chi connectivity index (χ3n) is 3.53. The Kier molecular flexibility index (Phi) is 4.46. The summed E-state index contributed by atoms with van der Waals surface area (Å²) in [6, 6.07) is 4.58. The lowest BCUT2D eigenvalue weighted by molar-refractivity contribution is 0.00935. The van der Waals surface area contributed by atoms with E-state index in [1.54, 1.807) is 26.0 Å². The molecule has 1 saturated heterocycles. The first-order valence-electron chi connectivity index (χ1n) is 7.01. The quantitative estimate of drug-likeness (QED) is 0.815. The number of β-amino-alcohol motifs (C(OH)–C–C–N with tert-alkyl or cyclic N) is 1. The monoisotopic (exact) mass is 314 g/mol. The summed E-state index contributed by atoms with van der Waals surface area (Å²) in [6.45, 7) is 4.27. The van der Waals surface area contributed by atoms with Crippen molar-refractivity contribution in [2.45, 2.75) is 37.2 Å². The lowest BCUT2D eigenvalue weighted by Gasteiger charge is -2.36. The minimum absolute atomic E-state index is 0.0575. The molecule has 21 heavy (non-hydrogen) atoms. The molecule has 1 atom stereocenters. The topological polar surface area (TPSA) is 92.9 Å². The summed E-state index contributed by atoms with van der Waals surface area (Å²) >= 11 is 0. The summed E-state index contributed by atoms with van der Waals surface area (Å²) in [7, 11) is -3.74. The van der Waals surface area contributed by atoms with Crippen LogP contribution in [0.3, 0.4) is 0 Å². The maximum atomic E-state index is 12.8. The third-order valence-corrected chi connectivity index (χ3v) is 5.39. The van der Waals surface area contributed by atoms with E-state index < -0.39 is 15.6 Å². The van der Waals surface area contributed by atoms with Crippen LogP contribution in [0.2, 0.25) is 0 Å². The number of anilines is 1. The van der Waals surface area contributed by atoms with E-state index in [0.717, 1.165) is 0 Å². The van der Waals surface area contributed by atoms with Gasteiger partial charge in [0.05, 0.1) is 12.2 Å². The number of benzene rings is 1. The van der Waals surface area contributed by atoms with Crippen LogP contribution in [0.25, 0.3) is 0 Å². The number of hydrogen-bond acceptors (Lipinski definition) is 5. The molecule has 1 unspecified atom stereocenters. The molecule has 1 aromatic carbocycles. The van der Waals surface area contributed by atoms with E-state index in [-0.39, 0.29) is 17.2 Å². The fraction of sp³-hybridized carbons (Fsp3) is 0.571. The second kappa shape index (κ2) is 5.82. The van der Waals surface area contributed by atoms with Crippen molar-refractivity contribution in [3.05, 3.63) is 18.2 Å². The third kappa shape index (κ3) is 3.48. The summed E-state index contributed by atoms with van der Waals surface area (Å²) in [4.78, 5) is 0.0575. The zero-order valence-corrected chi connectivity index (χ0v) is 13.2. The smallest absolute Gasteiger partial charge is 0.246 e. The second-order valence-corrected chi connectivity index (χ2v) is 7.48. The number of nitrogens with zero attached hydrogens (tertiary/aromatic N) is 1. The molecule has 0 bridgehead atoms. The molecule has 1 fully saturated rings. The van der Waals surface area contributed by atoms with Crippen molar-refractivity contribution in [1.82, 2.24) is 4.31 Å². The fourth-order valence-corrected chi connectivity index (χ4v) is 4.28. The molecule has 1 aliphatic heterocycles. The van der Waals surface area contributed by atoms with Gasteiger partial charge < -0.3 is 15.6 Å². The summed E-state index contributed by atoms with van der Waals surface area (Å²) in [5.74, 6) is 0.289.